The van der Waals surface area contributed by atoms with E-state index in [2.05, 4.69) is 37.0 Å². The summed E-state index contributed by atoms with van der Waals surface area (Å²) in [4.78, 5) is 15.7. The van der Waals surface area contributed by atoms with Crippen LogP contribution in [0.2, 0.25) is 0 Å². The summed E-state index contributed by atoms with van der Waals surface area (Å²) in [6.07, 6.45) is 14.3. The summed E-state index contributed by atoms with van der Waals surface area (Å²) >= 11 is 0. The zero-order valence-electron chi connectivity index (χ0n) is 16.0. The molecule has 0 spiro atoms. The average Bonchev–Trinajstić information content (AvgIpc) is 3.07. The van der Waals surface area contributed by atoms with Gasteiger partial charge in [0, 0.05) is 6.20 Å². The van der Waals surface area contributed by atoms with Gasteiger partial charge in [-0.15, -0.1) is 0 Å². The first-order chi connectivity index (χ1) is 12.0. The zero-order chi connectivity index (χ0) is 18.3. The van der Waals surface area contributed by atoms with Crippen LogP contribution in [0.15, 0.2) is 28.4 Å². The van der Waals surface area contributed by atoms with E-state index in [1.807, 2.05) is 6.20 Å². The van der Waals surface area contributed by atoms with E-state index in [4.69, 9.17) is 5.73 Å². The summed E-state index contributed by atoms with van der Waals surface area (Å²) in [5.74, 6) is 1.25. The Morgan fingerprint density at radius 3 is 2.44 bits per heavy atom. The molecular formula is C21H35N3O. The fourth-order valence-electron chi connectivity index (χ4n) is 4.76. The zero-order valence-corrected chi connectivity index (χ0v) is 16.0. The maximum absolute atomic E-state index is 11.8. The van der Waals surface area contributed by atoms with Gasteiger partial charge in [-0.05, 0) is 95.0 Å². The standard InChI is InChI=1S/C21H35N3O/c1-4-19(16(2)15-23-3)18-9-7-17(8-10-18)11-14-24-21(20(22)25)12-5-6-13-21/h4,15,17-18,24H,3,5-14H2,1-2H3,(H2,22,25)/b16-15-,19-4+. The number of amides is 1. The minimum atomic E-state index is -0.422. The molecule has 2 fully saturated rings. The number of aliphatic imine (C=N–C) groups is 1. The Bertz CT molecular complexity index is 521. The maximum atomic E-state index is 11.8. The van der Waals surface area contributed by atoms with Crippen molar-refractivity contribution in [3.8, 4) is 0 Å². The van der Waals surface area contributed by atoms with Gasteiger partial charge in [0.1, 0.15) is 0 Å². The van der Waals surface area contributed by atoms with Crippen LogP contribution in [0.3, 0.4) is 0 Å². The molecule has 2 rings (SSSR count). The van der Waals surface area contributed by atoms with Gasteiger partial charge in [-0.2, -0.15) is 0 Å². The Kier molecular flexibility index (Phi) is 7.42. The smallest absolute Gasteiger partial charge is 0.237 e. The van der Waals surface area contributed by atoms with Crippen molar-refractivity contribution >= 4 is 12.6 Å². The van der Waals surface area contributed by atoms with Crippen molar-refractivity contribution in [3.63, 3.8) is 0 Å². The number of nitrogens with one attached hydrogen (secondary N) is 1. The van der Waals surface area contributed by atoms with Gasteiger partial charge >= 0.3 is 0 Å². The molecule has 1 amide bonds. The molecule has 0 aromatic heterocycles. The summed E-state index contributed by atoms with van der Waals surface area (Å²) in [5, 5.41) is 3.51. The van der Waals surface area contributed by atoms with Gasteiger partial charge in [-0.1, -0.05) is 18.9 Å². The van der Waals surface area contributed by atoms with Crippen LogP contribution in [0.25, 0.3) is 0 Å². The molecular weight excluding hydrogens is 310 g/mol. The molecule has 0 aliphatic heterocycles. The Morgan fingerprint density at radius 1 is 1.28 bits per heavy atom. The summed E-state index contributed by atoms with van der Waals surface area (Å²) in [6, 6.07) is 0. The van der Waals surface area contributed by atoms with E-state index < -0.39 is 5.54 Å². The highest BCUT2D eigenvalue weighted by atomic mass is 16.1. The highest BCUT2D eigenvalue weighted by Gasteiger charge is 2.38. The van der Waals surface area contributed by atoms with Crippen molar-refractivity contribution in [1.29, 1.82) is 0 Å². The van der Waals surface area contributed by atoms with Crippen LogP contribution in [0, 0.1) is 11.8 Å². The highest BCUT2D eigenvalue weighted by molar-refractivity contribution is 5.85. The molecule has 2 saturated carbocycles. The summed E-state index contributed by atoms with van der Waals surface area (Å²) < 4.78 is 0. The Hall–Kier alpha value is -1.42. The van der Waals surface area contributed by atoms with Crippen molar-refractivity contribution in [2.75, 3.05) is 6.54 Å². The van der Waals surface area contributed by atoms with Gasteiger partial charge in [0.15, 0.2) is 0 Å². The third kappa shape index (κ3) is 5.04. The molecule has 0 atom stereocenters. The molecule has 0 unspecified atom stereocenters. The SMILES string of the molecule is C=N/C=C(C)\C(=C/C)C1CCC(CCNC2(C(N)=O)CCCC2)CC1. The number of hydrogen-bond acceptors (Lipinski definition) is 3. The van der Waals surface area contributed by atoms with Gasteiger partial charge in [0.05, 0.1) is 5.54 Å². The van der Waals surface area contributed by atoms with E-state index in [-0.39, 0.29) is 5.91 Å². The first kappa shape index (κ1) is 19.9. The molecule has 140 valence electrons. The molecule has 4 nitrogen and oxygen atoms in total. The number of nitrogens with zero attached hydrogens (tertiary/aromatic N) is 1. The largest absolute Gasteiger partial charge is 0.368 e. The van der Waals surface area contributed by atoms with Gasteiger partial charge in [0.25, 0.3) is 0 Å². The van der Waals surface area contributed by atoms with Gasteiger partial charge in [0.2, 0.25) is 5.91 Å². The van der Waals surface area contributed by atoms with E-state index in [9.17, 15) is 4.79 Å². The molecule has 25 heavy (non-hydrogen) atoms. The Morgan fingerprint density at radius 2 is 1.92 bits per heavy atom. The monoisotopic (exact) mass is 345 g/mol. The predicted octanol–water partition coefficient (Wildman–Crippen LogP) is 4.12. The molecule has 0 bridgehead atoms. The molecule has 0 saturated heterocycles. The predicted molar refractivity (Wildman–Crippen MR) is 106 cm³/mol. The van der Waals surface area contributed by atoms with Crippen LogP contribution in [-0.2, 0) is 4.79 Å². The molecule has 0 radical (unpaired) electrons. The lowest BCUT2D eigenvalue weighted by Gasteiger charge is -2.32. The minimum Gasteiger partial charge on any atom is -0.368 e. The van der Waals surface area contributed by atoms with Crippen molar-refractivity contribution in [3.05, 3.63) is 23.4 Å². The van der Waals surface area contributed by atoms with Crippen molar-refractivity contribution in [2.45, 2.75) is 77.2 Å². The second-order valence-corrected chi connectivity index (χ2v) is 7.83. The molecule has 2 aliphatic carbocycles. The molecule has 0 aromatic carbocycles. The normalized spacial score (nSPS) is 27.3. The topological polar surface area (TPSA) is 67.5 Å². The first-order valence-electron chi connectivity index (χ1n) is 9.86. The van der Waals surface area contributed by atoms with Gasteiger partial charge in [-0.25, -0.2) is 0 Å². The second kappa shape index (κ2) is 9.33. The lowest BCUT2D eigenvalue weighted by atomic mass is 9.75. The van der Waals surface area contributed by atoms with Crippen molar-refractivity contribution in [2.24, 2.45) is 22.6 Å². The Labute approximate surface area is 153 Å². The van der Waals surface area contributed by atoms with E-state index in [1.54, 1.807) is 0 Å². The van der Waals surface area contributed by atoms with Crippen LogP contribution < -0.4 is 11.1 Å². The fraction of sp³-hybridized carbons (Fsp3) is 0.714. The Balaban J connectivity index is 1.78. The molecule has 3 N–H and O–H groups in total. The van der Waals surface area contributed by atoms with E-state index in [1.165, 1.54) is 36.8 Å². The van der Waals surface area contributed by atoms with Crippen LogP contribution in [0.1, 0.15) is 71.6 Å². The molecule has 4 heteroatoms. The van der Waals surface area contributed by atoms with Crippen molar-refractivity contribution in [1.82, 2.24) is 5.32 Å². The number of primary amides is 1. The minimum absolute atomic E-state index is 0.162. The van der Waals surface area contributed by atoms with Crippen LogP contribution in [0.5, 0.6) is 0 Å². The van der Waals surface area contributed by atoms with Crippen molar-refractivity contribution < 1.29 is 4.79 Å². The number of allylic oxidation sites excluding steroid dienone is 3. The second-order valence-electron chi connectivity index (χ2n) is 7.83. The lowest BCUT2D eigenvalue weighted by molar-refractivity contribution is -0.124. The number of nitrogens with two attached hydrogens (primary N) is 1. The summed E-state index contributed by atoms with van der Waals surface area (Å²) in [7, 11) is 0. The fourth-order valence-corrected chi connectivity index (χ4v) is 4.76. The maximum Gasteiger partial charge on any atom is 0.237 e. The van der Waals surface area contributed by atoms with E-state index >= 15 is 0 Å². The van der Waals surface area contributed by atoms with Gasteiger partial charge < -0.3 is 11.1 Å². The number of rotatable bonds is 8. The third-order valence-corrected chi connectivity index (χ3v) is 6.28. The highest BCUT2D eigenvalue weighted by Crippen LogP contribution is 2.37. The molecule has 0 aromatic rings. The van der Waals surface area contributed by atoms with Crippen LogP contribution in [0.4, 0.5) is 0 Å². The summed E-state index contributed by atoms with van der Waals surface area (Å²) in [6.45, 7) is 8.73. The van der Waals surface area contributed by atoms with Crippen LogP contribution >= 0.6 is 0 Å². The number of carbonyl (C=O) groups is 1. The quantitative estimate of drug-likeness (QED) is 0.513. The first-order valence-corrected chi connectivity index (χ1v) is 9.86. The van der Waals surface area contributed by atoms with E-state index in [0.29, 0.717) is 5.92 Å². The third-order valence-electron chi connectivity index (χ3n) is 6.28. The number of hydrogen-bond donors (Lipinski definition) is 2. The molecule has 2 aliphatic rings. The number of carbonyl (C=O) groups excluding carboxylic acids is 1. The summed E-state index contributed by atoms with van der Waals surface area (Å²) in [5.41, 5.74) is 7.90. The lowest BCUT2D eigenvalue weighted by Crippen LogP contribution is -2.53. The van der Waals surface area contributed by atoms with Crippen LogP contribution in [-0.4, -0.2) is 24.7 Å². The molecule has 0 heterocycles. The van der Waals surface area contributed by atoms with E-state index in [0.717, 1.165) is 44.6 Å². The average molecular weight is 346 g/mol. The van der Waals surface area contributed by atoms with Gasteiger partial charge in [-0.3, -0.25) is 9.79 Å².